The minimum atomic E-state index is -3.63. The van der Waals surface area contributed by atoms with Gasteiger partial charge in [0.05, 0.1) is 17.7 Å². The number of furan rings is 1. The van der Waals surface area contributed by atoms with E-state index in [1.54, 1.807) is 30.5 Å². The molecule has 0 aliphatic heterocycles. The van der Waals surface area contributed by atoms with E-state index in [4.69, 9.17) is 4.42 Å². The smallest absolute Gasteiger partial charge is 0.243 e. The van der Waals surface area contributed by atoms with Crippen molar-refractivity contribution in [2.75, 3.05) is 0 Å². The molecule has 0 radical (unpaired) electrons. The van der Waals surface area contributed by atoms with E-state index >= 15 is 0 Å². The van der Waals surface area contributed by atoms with Crippen LogP contribution in [0.5, 0.6) is 0 Å². The number of aryl methyl sites for hydroxylation is 1. The van der Waals surface area contributed by atoms with Crippen molar-refractivity contribution in [1.29, 1.82) is 0 Å². The monoisotopic (exact) mass is 355 g/mol. The van der Waals surface area contributed by atoms with Crippen LogP contribution in [-0.4, -0.2) is 12.7 Å². The Morgan fingerprint density at radius 1 is 0.840 bits per heavy atom. The van der Waals surface area contributed by atoms with Crippen molar-refractivity contribution in [2.45, 2.75) is 31.3 Å². The Hall–Kier alpha value is -2.37. The third-order valence-corrected chi connectivity index (χ3v) is 5.89. The Kier molecular flexibility index (Phi) is 5.36. The summed E-state index contributed by atoms with van der Waals surface area (Å²) in [5.74, 6) is 0.615. The van der Waals surface area contributed by atoms with Crippen molar-refractivity contribution >= 4 is 10.0 Å². The molecule has 0 saturated heterocycles. The maximum atomic E-state index is 13.1. The van der Waals surface area contributed by atoms with Gasteiger partial charge in [0, 0.05) is 6.54 Å². The molecule has 2 aromatic carbocycles. The molecule has 5 heteroatoms. The fourth-order valence-corrected chi connectivity index (χ4v) is 4.03. The van der Waals surface area contributed by atoms with Gasteiger partial charge in [-0.15, -0.1) is 0 Å². The van der Waals surface area contributed by atoms with Crippen LogP contribution >= 0.6 is 0 Å². The lowest BCUT2D eigenvalue weighted by molar-refractivity contribution is 0.358. The van der Waals surface area contributed by atoms with Crippen LogP contribution in [0.25, 0.3) is 0 Å². The van der Waals surface area contributed by atoms with E-state index in [0.717, 1.165) is 17.5 Å². The van der Waals surface area contributed by atoms with Crippen LogP contribution in [0.3, 0.4) is 0 Å². The Balaban J connectivity index is 1.93. The highest BCUT2D eigenvalue weighted by Crippen LogP contribution is 2.22. The third kappa shape index (κ3) is 4.18. The molecular weight excluding hydrogens is 334 g/mol. The van der Waals surface area contributed by atoms with E-state index < -0.39 is 10.0 Å². The minimum Gasteiger partial charge on any atom is -0.468 e. The largest absolute Gasteiger partial charge is 0.468 e. The predicted molar refractivity (Wildman–Crippen MR) is 97.4 cm³/mol. The number of rotatable bonds is 7. The van der Waals surface area contributed by atoms with E-state index in [9.17, 15) is 8.42 Å². The zero-order chi connectivity index (χ0) is 17.7. The predicted octanol–water partition coefficient (Wildman–Crippen LogP) is 4.23. The fourth-order valence-electron chi connectivity index (χ4n) is 2.64. The maximum Gasteiger partial charge on any atom is 0.243 e. The zero-order valence-electron chi connectivity index (χ0n) is 14.1. The first kappa shape index (κ1) is 17.5. The van der Waals surface area contributed by atoms with Crippen molar-refractivity contribution in [3.05, 3.63) is 89.9 Å². The van der Waals surface area contributed by atoms with Crippen LogP contribution < -0.4 is 0 Å². The van der Waals surface area contributed by atoms with Gasteiger partial charge < -0.3 is 4.42 Å². The first-order valence-electron chi connectivity index (χ1n) is 8.25. The van der Waals surface area contributed by atoms with E-state index in [-0.39, 0.29) is 6.54 Å². The summed E-state index contributed by atoms with van der Waals surface area (Å²) in [4.78, 5) is 0.298. The summed E-state index contributed by atoms with van der Waals surface area (Å²) in [6.07, 6.45) is 2.43. The van der Waals surface area contributed by atoms with Gasteiger partial charge in [-0.1, -0.05) is 49.4 Å². The number of nitrogens with zero attached hydrogens (tertiary/aromatic N) is 1. The van der Waals surface area contributed by atoms with Gasteiger partial charge in [-0.05, 0) is 41.8 Å². The second-order valence-corrected chi connectivity index (χ2v) is 7.77. The molecule has 3 rings (SSSR count). The maximum absolute atomic E-state index is 13.1. The Bertz CT molecular complexity index is 886. The highest BCUT2D eigenvalue weighted by molar-refractivity contribution is 7.89. The van der Waals surface area contributed by atoms with Gasteiger partial charge in [-0.2, -0.15) is 4.31 Å². The highest BCUT2D eigenvalue weighted by Gasteiger charge is 2.25. The van der Waals surface area contributed by atoms with Gasteiger partial charge in [0.2, 0.25) is 10.0 Å². The molecular formula is C20H21NO3S. The highest BCUT2D eigenvalue weighted by atomic mass is 32.2. The average molecular weight is 355 g/mol. The first-order chi connectivity index (χ1) is 12.1. The molecule has 1 heterocycles. The van der Waals surface area contributed by atoms with Gasteiger partial charge in [0.15, 0.2) is 0 Å². The second-order valence-electron chi connectivity index (χ2n) is 5.84. The molecule has 0 N–H and O–H groups in total. The van der Waals surface area contributed by atoms with E-state index in [1.165, 1.54) is 4.31 Å². The van der Waals surface area contributed by atoms with Crippen molar-refractivity contribution in [3.63, 3.8) is 0 Å². The summed E-state index contributed by atoms with van der Waals surface area (Å²) < 4.78 is 33.1. The fraction of sp³-hybridized carbons (Fsp3) is 0.200. The molecule has 0 spiro atoms. The van der Waals surface area contributed by atoms with E-state index in [0.29, 0.717) is 17.2 Å². The van der Waals surface area contributed by atoms with Crippen molar-refractivity contribution < 1.29 is 12.8 Å². The Labute approximate surface area is 148 Å². The molecule has 0 atom stereocenters. The van der Waals surface area contributed by atoms with Crippen molar-refractivity contribution in [2.24, 2.45) is 0 Å². The van der Waals surface area contributed by atoms with Crippen LogP contribution in [0.2, 0.25) is 0 Å². The molecule has 1 aromatic heterocycles. The van der Waals surface area contributed by atoms with Gasteiger partial charge in [-0.3, -0.25) is 0 Å². The molecule has 0 unspecified atom stereocenters. The summed E-state index contributed by atoms with van der Waals surface area (Å²) in [7, 11) is -3.63. The summed E-state index contributed by atoms with van der Waals surface area (Å²) in [5, 5.41) is 0. The standard InChI is InChI=1S/C20H21NO3S/c1-2-17-10-12-20(13-11-17)25(22,23)21(16-19-9-6-14-24-19)15-18-7-4-3-5-8-18/h3-14H,2,15-16H2,1H3. The summed E-state index contributed by atoms with van der Waals surface area (Å²) >= 11 is 0. The van der Waals surface area contributed by atoms with Crippen LogP contribution in [-0.2, 0) is 29.5 Å². The molecule has 4 nitrogen and oxygen atoms in total. The lowest BCUT2D eigenvalue weighted by Gasteiger charge is -2.21. The van der Waals surface area contributed by atoms with Gasteiger partial charge in [-0.25, -0.2) is 8.42 Å². The Morgan fingerprint density at radius 2 is 1.56 bits per heavy atom. The molecule has 0 amide bonds. The number of hydrogen-bond donors (Lipinski definition) is 0. The van der Waals surface area contributed by atoms with E-state index in [1.807, 2.05) is 49.4 Å². The lowest BCUT2D eigenvalue weighted by atomic mass is 10.2. The van der Waals surface area contributed by atoms with Crippen LogP contribution in [0.15, 0.2) is 82.3 Å². The summed E-state index contributed by atoms with van der Waals surface area (Å²) in [6, 6.07) is 20.2. The van der Waals surface area contributed by atoms with Crippen molar-refractivity contribution in [3.8, 4) is 0 Å². The van der Waals surface area contributed by atoms with Crippen LogP contribution in [0, 0.1) is 0 Å². The molecule has 3 aromatic rings. The van der Waals surface area contributed by atoms with Crippen LogP contribution in [0.1, 0.15) is 23.8 Å². The summed E-state index contributed by atoms with van der Waals surface area (Å²) in [6.45, 7) is 2.53. The molecule has 0 fully saturated rings. The first-order valence-corrected chi connectivity index (χ1v) is 9.69. The quantitative estimate of drug-likeness (QED) is 0.637. The lowest BCUT2D eigenvalue weighted by Crippen LogP contribution is -2.30. The van der Waals surface area contributed by atoms with Crippen molar-refractivity contribution in [1.82, 2.24) is 4.31 Å². The SMILES string of the molecule is CCc1ccc(S(=O)(=O)N(Cc2ccccc2)Cc2ccco2)cc1. The zero-order valence-corrected chi connectivity index (χ0v) is 14.9. The number of sulfonamides is 1. The topological polar surface area (TPSA) is 50.5 Å². The minimum absolute atomic E-state index is 0.194. The van der Waals surface area contributed by atoms with E-state index in [2.05, 4.69) is 0 Å². The second kappa shape index (κ2) is 7.68. The normalized spacial score (nSPS) is 11.8. The number of hydrogen-bond acceptors (Lipinski definition) is 3. The molecule has 130 valence electrons. The number of benzene rings is 2. The van der Waals surface area contributed by atoms with Gasteiger partial charge in [0.1, 0.15) is 5.76 Å². The van der Waals surface area contributed by atoms with Gasteiger partial charge >= 0.3 is 0 Å². The average Bonchev–Trinajstić information content (AvgIpc) is 3.15. The third-order valence-electron chi connectivity index (χ3n) is 4.08. The molecule has 0 saturated carbocycles. The summed E-state index contributed by atoms with van der Waals surface area (Å²) in [5.41, 5.74) is 2.04. The molecule has 0 aliphatic rings. The van der Waals surface area contributed by atoms with Gasteiger partial charge in [0.25, 0.3) is 0 Å². The van der Waals surface area contributed by atoms with Crippen LogP contribution in [0.4, 0.5) is 0 Å². The molecule has 0 bridgehead atoms. The molecule has 25 heavy (non-hydrogen) atoms. The Morgan fingerprint density at radius 3 is 2.16 bits per heavy atom. The molecule has 0 aliphatic carbocycles.